The summed E-state index contributed by atoms with van der Waals surface area (Å²) in [7, 11) is -3.33. The second kappa shape index (κ2) is 9.56. The minimum atomic E-state index is -3.33. The molecule has 4 aromatic rings. The third-order valence-corrected chi connectivity index (χ3v) is 9.68. The number of nitrogens with one attached hydrogen (secondary N) is 2. The summed E-state index contributed by atoms with van der Waals surface area (Å²) in [5.41, 5.74) is 8.49. The van der Waals surface area contributed by atoms with Crippen molar-refractivity contribution in [3.63, 3.8) is 0 Å². The Balaban J connectivity index is 1.30. The van der Waals surface area contributed by atoms with Crippen LogP contribution in [0.15, 0.2) is 66.3 Å². The van der Waals surface area contributed by atoms with Gasteiger partial charge in [-0.1, -0.05) is 24.8 Å². The summed E-state index contributed by atoms with van der Waals surface area (Å²) < 4.78 is 25.0. The fraction of sp³-hybridized carbons (Fsp3) is 0.310. The molecule has 196 valence electrons. The Kier molecular flexibility index (Phi) is 6.20. The van der Waals surface area contributed by atoms with E-state index < -0.39 is 15.1 Å². The number of hydrogen-bond acceptors (Lipinski definition) is 7. The molecule has 0 amide bonds. The average Bonchev–Trinajstić information content (AvgIpc) is 3.35. The molecule has 2 aliphatic heterocycles. The van der Waals surface area contributed by atoms with Gasteiger partial charge in [0.05, 0.1) is 27.7 Å². The van der Waals surface area contributed by atoms with Crippen LogP contribution >= 0.6 is 0 Å². The van der Waals surface area contributed by atoms with Crippen LogP contribution in [0.1, 0.15) is 31.4 Å². The van der Waals surface area contributed by atoms with Crippen molar-refractivity contribution in [1.29, 1.82) is 0 Å². The highest BCUT2D eigenvalue weighted by molar-refractivity contribution is 7.92. The number of hydrogen-bond donors (Lipinski definition) is 2. The number of aromatic amines is 1. The molecule has 0 unspecified atom stereocenters. The largest absolute Gasteiger partial charge is 0.370 e. The Bertz CT molecular complexity index is 1620. The number of aromatic nitrogens is 3. The first-order valence-corrected chi connectivity index (χ1v) is 14.6. The van der Waals surface area contributed by atoms with Gasteiger partial charge in [-0.25, -0.2) is 18.4 Å². The van der Waals surface area contributed by atoms with Crippen molar-refractivity contribution in [3.8, 4) is 11.3 Å². The monoisotopic (exact) mass is 528 g/mol. The Hall–Kier alpha value is -3.69. The van der Waals surface area contributed by atoms with E-state index in [0.29, 0.717) is 22.8 Å². The van der Waals surface area contributed by atoms with Crippen LogP contribution in [0.2, 0.25) is 0 Å². The van der Waals surface area contributed by atoms with E-state index in [1.807, 2.05) is 6.20 Å². The molecule has 0 bridgehead atoms. The van der Waals surface area contributed by atoms with Crippen molar-refractivity contribution in [1.82, 2.24) is 20.3 Å². The van der Waals surface area contributed by atoms with Gasteiger partial charge in [0.25, 0.3) is 0 Å². The van der Waals surface area contributed by atoms with E-state index >= 15 is 0 Å². The van der Waals surface area contributed by atoms with Crippen LogP contribution in [0.4, 0.5) is 11.4 Å². The van der Waals surface area contributed by atoms with E-state index in [1.165, 1.54) is 11.3 Å². The fourth-order valence-electron chi connectivity index (χ4n) is 5.25. The molecule has 2 N–H and O–H groups in total. The topological polar surface area (TPSA) is 94.2 Å². The smallest absolute Gasteiger partial charge is 0.180 e. The van der Waals surface area contributed by atoms with Crippen LogP contribution in [-0.4, -0.2) is 54.8 Å². The maximum absolute atomic E-state index is 12.5. The molecule has 0 radical (unpaired) electrons. The lowest BCUT2D eigenvalue weighted by Crippen LogP contribution is -2.27. The van der Waals surface area contributed by atoms with E-state index in [0.717, 1.165) is 60.6 Å². The molecule has 1 fully saturated rings. The number of rotatable bonds is 5. The van der Waals surface area contributed by atoms with Crippen LogP contribution < -0.4 is 15.1 Å². The molecule has 0 saturated carbocycles. The molecular weight excluding hydrogens is 496 g/mol. The van der Waals surface area contributed by atoms with Crippen LogP contribution in [-0.2, 0) is 16.4 Å². The van der Waals surface area contributed by atoms with Gasteiger partial charge in [-0.2, -0.15) is 0 Å². The molecule has 2 aromatic carbocycles. The van der Waals surface area contributed by atoms with Crippen molar-refractivity contribution in [2.24, 2.45) is 0 Å². The van der Waals surface area contributed by atoms with Gasteiger partial charge < -0.3 is 20.1 Å². The first-order valence-electron chi connectivity index (χ1n) is 13.1. The second-order valence-electron chi connectivity index (χ2n) is 10.2. The molecule has 1 saturated heterocycles. The predicted octanol–water partition coefficient (Wildman–Crippen LogP) is 4.60. The van der Waals surface area contributed by atoms with Gasteiger partial charge in [-0.15, -0.1) is 0 Å². The summed E-state index contributed by atoms with van der Waals surface area (Å²) in [6.45, 7) is 12.6. The molecule has 6 rings (SSSR count). The number of sulfone groups is 1. The Labute approximate surface area is 223 Å². The highest BCUT2D eigenvalue weighted by atomic mass is 32.2. The summed E-state index contributed by atoms with van der Waals surface area (Å²) >= 11 is 0. The summed E-state index contributed by atoms with van der Waals surface area (Å²) in [6.07, 6.45) is 4.79. The average molecular weight is 529 g/mol. The zero-order chi connectivity index (χ0) is 26.4. The number of nitrogens with zero attached hydrogens (tertiary/aromatic N) is 4. The van der Waals surface area contributed by atoms with Gasteiger partial charge in [0, 0.05) is 54.9 Å². The molecule has 0 aliphatic carbocycles. The van der Waals surface area contributed by atoms with Crippen LogP contribution in [0.5, 0.6) is 0 Å². The van der Waals surface area contributed by atoms with Gasteiger partial charge in [0.2, 0.25) is 0 Å². The van der Waals surface area contributed by atoms with Gasteiger partial charge >= 0.3 is 0 Å². The molecule has 9 heteroatoms. The van der Waals surface area contributed by atoms with Gasteiger partial charge in [0.1, 0.15) is 5.52 Å². The highest BCUT2D eigenvalue weighted by Crippen LogP contribution is 2.40. The normalized spacial score (nSPS) is 16.3. The van der Waals surface area contributed by atoms with Gasteiger partial charge in [0.15, 0.2) is 15.5 Å². The van der Waals surface area contributed by atoms with E-state index in [1.54, 1.807) is 44.3 Å². The third kappa shape index (κ3) is 4.25. The van der Waals surface area contributed by atoms with Gasteiger partial charge in [-0.3, -0.25) is 0 Å². The molecule has 4 heterocycles. The van der Waals surface area contributed by atoms with E-state index in [9.17, 15) is 8.42 Å². The number of fused-ring (bicyclic) bond motifs is 2. The number of anilines is 2. The minimum Gasteiger partial charge on any atom is -0.370 e. The Morgan fingerprint density at radius 2 is 1.87 bits per heavy atom. The summed E-state index contributed by atoms with van der Waals surface area (Å²) in [6, 6.07) is 13.6. The minimum absolute atomic E-state index is 0.314. The molecule has 2 aliphatic rings. The van der Waals surface area contributed by atoms with E-state index in [-0.39, 0.29) is 0 Å². The zero-order valence-corrected chi connectivity index (χ0v) is 22.6. The number of H-pyrrole nitrogens is 1. The quantitative estimate of drug-likeness (QED) is 0.391. The molecular formula is C29H32N6O2S. The lowest BCUT2D eigenvalue weighted by Gasteiger charge is -2.22. The maximum Gasteiger partial charge on any atom is 0.180 e. The first-order chi connectivity index (χ1) is 18.3. The first kappa shape index (κ1) is 24.6. The van der Waals surface area contributed by atoms with Gasteiger partial charge in [-0.05, 0) is 56.6 Å². The standard InChI is InChI=1S/C29H32N6O2S/c1-19(2)38(36,37)24-8-5-21(6-9-24)26-16-31-29-28(33-26)27(17-32-29)35-18-22-15-23(7-10-25(22)20(35)3)34-13-4-11-30-12-14-34/h5-10,15-17,19,30H,3-4,11-14,18H2,1-2H3,(H,31,32). The molecule has 38 heavy (non-hydrogen) atoms. The Morgan fingerprint density at radius 1 is 1.05 bits per heavy atom. The van der Waals surface area contributed by atoms with Crippen molar-refractivity contribution >= 4 is 38.1 Å². The SMILES string of the molecule is C=C1c2ccc(N3CCCNCC3)cc2CN1c1c[nH]c2ncc(-c3ccc(S(=O)(=O)C(C)C)cc3)nc12. The zero-order valence-electron chi connectivity index (χ0n) is 21.7. The van der Waals surface area contributed by atoms with E-state index in [2.05, 4.69) is 49.9 Å². The van der Waals surface area contributed by atoms with Crippen LogP contribution in [0.3, 0.4) is 0 Å². The predicted molar refractivity (Wildman–Crippen MR) is 153 cm³/mol. The molecule has 0 atom stereocenters. The van der Waals surface area contributed by atoms with Crippen molar-refractivity contribution in [2.75, 3.05) is 36.0 Å². The number of benzene rings is 2. The maximum atomic E-state index is 12.5. The van der Waals surface area contributed by atoms with Crippen molar-refractivity contribution in [3.05, 3.63) is 72.6 Å². The molecule has 2 aromatic heterocycles. The highest BCUT2D eigenvalue weighted by Gasteiger charge is 2.27. The second-order valence-corrected chi connectivity index (χ2v) is 12.7. The molecule has 0 spiro atoms. The third-order valence-electron chi connectivity index (χ3n) is 7.51. The lowest BCUT2D eigenvalue weighted by molar-refractivity contribution is 0.587. The van der Waals surface area contributed by atoms with Crippen molar-refractivity contribution in [2.45, 2.75) is 37.0 Å². The van der Waals surface area contributed by atoms with Crippen molar-refractivity contribution < 1.29 is 8.42 Å². The van der Waals surface area contributed by atoms with Crippen LogP contribution in [0.25, 0.3) is 28.1 Å². The lowest BCUT2D eigenvalue weighted by atomic mass is 10.1. The fourth-order valence-corrected chi connectivity index (χ4v) is 6.31. The van der Waals surface area contributed by atoms with E-state index in [4.69, 9.17) is 4.98 Å². The summed E-state index contributed by atoms with van der Waals surface area (Å²) in [5, 5.41) is 3.00. The summed E-state index contributed by atoms with van der Waals surface area (Å²) in [5.74, 6) is 0. The molecule has 8 nitrogen and oxygen atoms in total. The van der Waals surface area contributed by atoms with Crippen LogP contribution in [0, 0.1) is 0 Å². The Morgan fingerprint density at radius 3 is 2.66 bits per heavy atom. The summed E-state index contributed by atoms with van der Waals surface area (Å²) in [4.78, 5) is 17.7.